The predicted molar refractivity (Wildman–Crippen MR) is 51.1 cm³/mol. The van der Waals surface area contributed by atoms with Crippen molar-refractivity contribution in [2.75, 3.05) is 0 Å². The van der Waals surface area contributed by atoms with E-state index >= 15 is 0 Å². The fourth-order valence-electron chi connectivity index (χ4n) is 0.244. The average molecular weight is 178 g/mol. The van der Waals surface area contributed by atoms with Crippen LogP contribution < -0.4 is 5.73 Å². The molecule has 4 heteroatoms. The Balaban J connectivity index is 0. The van der Waals surface area contributed by atoms with Crippen LogP contribution in [-0.4, -0.2) is 5.71 Å². The van der Waals surface area contributed by atoms with Gasteiger partial charge in [-0.05, 0) is 25.6 Å². The van der Waals surface area contributed by atoms with Crippen LogP contribution in [0.1, 0.15) is 27.7 Å². The van der Waals surface area contributed by atoms with Crippen molar-refractivity contribution in [3.63, 3.8) is 0 Å². The summed E-state index contributed by atoms with van der Waals surface area (Å²) in [5, 5.41) is 0. The number of hydrogen-bond donors (Lipinski definition) is 1. The zero-order valence-corrected chi connectivity index (χ0v) is 8.20. The maximum absolute atomic E-state index is 11.4. The number of nitrogens with zero attached hydrogens (tertiary/aromatic N) is 1. The lowest BCUT2D eigenvalue weighted by atomic mass is 10.2. The third-order valence-electron chi connectivity index (χ3n) is 0.992. The van der Waals surface area contributed by atoms with Gasteiger partial charge in [0.15, 0.2) is 12.3 Å². The van der Waals surface area contributed by atoms with E-state index in [1.807, 2.05) is 13.8 Å². The van der Waals surface area contributed by atoms with Crippen LogP contribution in [0.2, 0.25) is 0 Å². The summed E-state index contributed by atoms with van der Waals surface area (Å²) in [6.45, 7) is 7.47. The van der Waals surface area contributed by atoms with E-state index < -0.39 is 0 Å². The molecular weight excluding hydrogens is 163 g/mol. The van der Waals surface area contributed by atoms with Crippen molar-refractivity contribution in [1.82, 2.24) is 0 Å². The van der Waals surface area contributed by atoms with Crippen molar-refractivity contribution in [3.05, 3.63) is 11.8 Å². The Bertz CT molecular complexity index is 143. The fraction of sp³-hybridized carbons (Fsp3) is 0.571. The van der Waals surface area contributed by atoms with Gasteiger partial charge in [0.25, 0.3) is 0 Å². The highest BCUT2D eigenvalue weighted by atomic mass is 32.2. The molecule has 0 atom stereocenters. The molecule has 0 rings (SSSR count). The lowest BCUT2D eigenvalue weighted by molar-refractivity contribution is 0.938. The van der Waals surface area contributed by atoms with E-state index in [0.29, 0.717) is 5.71 Å². The topological polar surface area (TPSA) is 38.4 Å². The minimum Gasteiger partial charge on any atom is -0.404 e. The van der Waals surface area contributed by atoms with E-state index in [1.165, 1.54) is 6.20 Å². The van der Waals surface area contributed by atoms with Gasteiger partial charge >= 0.3 is 0 Å². The number of rotatable bonds is 2. The molecule has 0 aromatic carbocycles. The molecule has 66 valence electrons. The van der Waals surface area contributed by atoms with Crippen molar-refractivity contribution in [2.24, 2.45) is 10.1 Å². The maximum Gasteiger partial charge on any atom is 0.186 e. The molecule has 0 aromatic heterocycles. The van der Waals surface area contributed by atoms with Gasteiger partial charge in [0.2, 0.25) is 0 Å². The first-order chi connectivity index (χ1) is 5.22. The Morgan fingerprint density at radius 3 is 2.18 bits per heavy atom. The Morgan fingerprint density at radius 2 is 1.91 bits per heavy atom. The van der Waals surface area contributed by atoms with Crippen molar-refractivity contribution < 1.29 is 3.89 Å². The predicted octanol–water partition coefficient (Wildman–Crippen LogP) is 2.87. The normalized spacial score (nSPS) is 12.1. The minimum absolute atomic E-state index is 0.0550. The van der Waals surface area contributed by atoms with Crippen LogP contribution in [0.15, 0.2) is 16.2 Å². The van der Waals surface area contributed by atoms with Gasteiger partial charge in [-0.1, -0.05) is 13.8 Å². The van der Waals surface area contributed by atoms with Crippen LogP contribution in [0, 0.1) is 0 Å². The first-order valence-electron chi connectivity index (χ1n) is 3.43. The molecule has 0 bridgehead atoms. The highest BCUT2D eigenvalue weighted by Crippen LogP contribution is 2.05. The molecule has 0 aliphatic carbocycles. The monoisotopic (exact) mass is 178 g/mol. The zero-order valence-electron chi connectivity index (χ0n) is 7.39. The van der Waals surface area contributed by atoms with Gasteiger partial charge in [-0.15, -0.1) is 3.89 Å². The molecule has 0 heterocycles. The Labute approximate surface area is 72.2 Å². The van der Waals surface area contributed by atoms with Crippen LogP contribution >= 0.6 is 12.3 Å². The SMILES string of the molecule is CC.CC(=C/N)/C(C)=N/SF. The van der Waals surface area contributed by atoms with E-state index in [-0.39, 0.29) is 12.3 Å². The summed E-state index contributed by atoms with van der Waals surface area (Å²) < 4.78 is 14.8. The molecule has 0 saturated heterocycles. The molecule has 0 spiro atoms. The summed E-state index contributed by atoms with van der Waals surface area (Å²) in [4.78, 5) is 0. The van der Waals surface area contributed by atoms with Gasteiger partial charge in [0.1, 0.15) is 0 Å². The van der Waals surface area contributed by atoms with E-state index in [0.717, 1.165) is 5.57 Å². The van der Waals surface area contributed by atoms with Crippen LogP contribution in [0.25, 0.3) is 0 Å². The van der Waals surface area contributed by atoms with Crippen molar-refractivity contribution in [1.29, 1.82) is 0 Å². The zero-order chi connectivity index (χ0) is 9.28. The average Bonchev–Trinajstić information content (AvgIpc) is 2.07. The summed E-state index contributed by atoms with van der Waals surface area (Å²) in [7, 11) is 0. The lowest BCUT2D eigenvalue weighted by Gasteiger charge is -1.93. The summed E-state index contributed by atoms with van der Waals surface area (Å²) in [5.41, 5.74) is 6.54. The second-order valence-corrected chi connectivity index (χ2v) is 1.92. The molecule has 0 aliphatic heterocycles. The van der Waals surface area contributed by atoms with Gasteiger partial charge in [0, 0.05) is 0 Å². The van der Waals surface area contributed by atoms with E-state index in [9.17, 15) is 3.89 Å². The van der Waals surface area contributed by atoms with Crippen LogP contribution in [0.3, 0.4) is 0 Å². The minimum atomic E-state index is -0.0550. The molecule has 0 fully saturated rings. The van der Waals surface area contributed by atoms with Crippen molar-refractivity contribution in [3.8, 4) is 0 Å². The van der Waals surface area contributed by atoms with E-state index in [4.69, 9.17) is 5.73 Å². The molecule has 0 aliphatic rings. The van der Waals surface area contributed by atoms with Crippen molar-refractivity contribution in [2.45, 2.75) is 27.7 Å². The highest BCUT2D eigenvalue weighted by molar-refractivity contribution is 7.93. The highest BCUT2D eigenvalue weighted by Gasteiger charge is 1.91. The fourth-order valence-corrected chi connectivity index (χ4v) is 0.492. The first kappa shape index (κ1) is 13.1. The molecule has 0 saturated carbocycles. The van der Waals surface area contributed by atoms with Crippen molar-refractivity contribution >= 4 is 18.0 Å². The third-order valence-corrected chi connectivity index (χ3v) is 1.33. The maximum atomic E-state index is 11.4. The molecule has 11 heavy (non-hydrogen) atoms. The Morgan fingerprint density at radius 1 is 1.45 bits per heavy atom. The van der Waals surface area contributed by atoms with E-state index in [2.05, 4.69) is 4.40 Å². The molecule has 0 amide bonds. The number of nitrogens with two attached hydrogens (primary N) is 1. The van der Waals surface area contributed by atoms with Crippen LogP contribution in [-0.2, 0) is 0 Å². The standard InChI is InChI=1S/C5H9FN2S.C2H6/c1-4(3-7)5(2)8-9-6;1-2/h3H,7H2,1-2H3;1-2H3/b4-3-,8-5+;. The quantitative estimate of drug-likeness (QED) is 0.521. The summed E-state index contributed by atoms with van der Waals surface area (Å²) >= 11 is -0.0550. The second kappa shape index (κ2) is 9.49. The second-order valence-electron chi connectivity index (χ2n) is 1.60. The van der Waals surface area contributed by atoms with Gasteiger partial charge in [-0.3, -0.25) is 0 Å². The number of hydrogen-bond acceptors (Lipinski definition) is 3. The van der Waals surface area contributed by atoms with E-state index in [1.54, 1.807) is 13.8 Å². The number of allylic oxidation sites excluding steroid dienone is 1. The Hall–Kier alpha value is -0.510. The number of halogens is 1. The lowest BCUT2D eigenvalue weighted by Crippen LogP contribution is -1.94. The molecular formula is C7H15FN2S. The molecule has 0 unspecified atom stereocenters. The summed E-state index contributed by atoms with van der Waals surface area (Å²) in [6.07, 6.45) is 1.40. The largest absolute Gasteiger partial charge is 0.404 e. The molecule has 2 nitrogen and oxygen atoms in total. The van der Waals surface area contributed by atoms with Gasteiger partial charge in [-0.25, -0.2) is 0 Å². The van der Waals surface area contributed by atoms with Crippen LogP contribution in [0.4, 0.5) is 3.89 Å². The van der Waals surface area contributed by atoms with Gasteiger partial charge in [0.05, 0.1) is 5.71 Å². The molecule has 2 N–H and O–H groups in total. The Kier molecular flexibility index (Phi) is 11.3. The summed E-state index contributed by atoms with van der Waals surface area (Å²) in [5.74, 6) is 0. The van der Waals surface area contributed by atoms with Gasteiger partial charge in [-0.2, -0.15) is 4.40 Å². The van der Waals surface area contributed by atoms with Gasteiger partial charge < -0.3 is 5.73 Å². The summed E-state index contributed by atoms with van der Waals surface area (Å²) in [6, 6.07) is 0. The third kappa shape index (κ3) is 7.39. The molecule has 0 radical (unpaired) electrons. The van der Waals surface area contributed by atoms with Crippen LogP contribution in [0.5, 0.6) is 0 Å². The molecule has 0 aromatic rings. The first-order valence-corrected chi connectivity index (χ1v) is 4.11. The smallest absolute Gasteiger partial charge is 0.186 e.